The first kappa shape index (κ1) is 20.1. The van der Waals surface area contributed by atoms with Crippen molar-refractivity contribution in [1.82, 2.24) is 9.21 Å². The summed E-state index contributed by atoms with van der Waals surface area (Å²) in [6.07, 6.45) is 0. The molecule has 1 aliphatic rings. The molecule has 146 valence electrons. The van der Waals surface area contributed by atoms with Gasteiger partial charge in [0.05, 0.1) is 9.90 Å². The van der Waals surface area contributed by atoms with E-state index in [-0.39, 0.29) is 53.5 Å². The van der Waals surface area contributed by atoms with E-state index in [0.717, 1.165) is 16.9 Å². The van der Waals surface area contributed by atoms with E-state index in [9.17, 15) is 18.3 Å². The predicted octanol–water partition coefficient (Wildman–Crippen LogP) is 3.38. The Morgan fingerprint density at radius 3 is 2.33 bits per heavy atom. The normalized spacial score (nSPS) is 16.1. The number of hydrogen-bond donors (Lipinski definition) is 1. The summed E-state index contributed by atoms with van der Waals surface area (Å²) in [5.74, 6) is -0.0898. The van der Waals surface area contributed by atoms with Gasteiger partial charge in [0.1, 0.15) is 9.96 Å². The number of piperazine rings is 1. The summed E-state index contributed by atoms with van der Waals surface area (Å²) < 4.78 is 27.3. The third kappa shape index (κ3) is 4.13. The van der Waals surface area contributed by atoms with Gasteiger partial charge in [-0.05, 0) is 35.7 Å². The Balaban J connectivity index is 1.69. The number of carbonyl (C=O) groups excluding carboxylic acids is 1. The predicted molar refractivity (Wildman–Crippen MR) is 106 cm³/mol. The molecule has 0 saturated carbocycles. The minimum Gasteiger partial charge on any atom is -0.507 e. The number of hydrogen-bond acceptors (Lipinski definition) is 5. The van der Waals surface area contributed by atoms with E-state index < -0.39 is 10.0 Å². The fraction of sp³-hybridized carbons (Fsp3) is 0.389. The Labute approximate surface area is 168 Å². The Morgan fingerprint density at radius 1 is 1.15 bits per heavy atom. The van der Waals surface area contributed by atoms with Crippen LogP contribution >= 0.6 is 22.9 Å². The van der Waals surface area contributed by atoms with E-state index >= 15 is 0 Å². The van der Waals surface area contributed by atoms with Gasteiger partial charge in [-0.1, -0.05) is 31.5 Å². The highest BCUT2D eigenvalue weighted by atomic mass is 35.5. The van der Waals surface area contributed by atoms with Gasteiger partial charge in [-0.15, -0.1) is 11.3 Å². The van der Waals surface area contributed by atoms with Crippen molar-refractivity contribution in [3.63, 3.8) is 0 Å². The first-order valence-corrected chi connectivity index (χ1v) is 11.2. The highest BCUT2D eigenvalue weighted by Crippen LogP contribution is 2.29. The molecule has 0 unspecified atom stereocenters. The van der Waals surface area contributed by atoms with E-state index in [1.165, 1.54) is 10.4 Å². The molecule has 9 heteroatoms. The number of benzene rings is 1. The molecule has 0 aliphatic carbocycles. The Hall–Kier alpha value is -1.61. The van der Waals surface area contributed by atoms with Crippen molar-refractivity contribution in [2.75, 3.05) is 26.2 Å². The van der Waals surface area contributed by atoms with Gasteiger partial charge < -0.3 is 10.0 Å². The van der Waals surface area contributed by atoms with E-state index in [0.29, 0.717) is 4.34 Å². The van der Waals surface area contributed by atoms with Crippen LogP contribution in [0, 0.1) is 0 Å². The van der Waals surface area contributed by atoms with Gasteiger partial charge in [-0.3, -0.25) is 4.79 Å². The summed E-state index contributed by atoms with van der Waals surface area (Å²) in [4.78, 5) is 14.3. The summed E-state index contributed by atoms with van der Waals surface area (Å²) >= 11 is 6.86. The molecule has 3 rings (SSSR count). The number of rotatable bonds is 4. The lowest BCUT2D eigenvalue weighted by Gasteiger charge is -2.33. The second-order valence-electron chi connectivity index (χ2n) is 6.69. The van der Waals surface area contributed by atoms with E-state index in [1.54, 1.807) is 23.1 Å². The van der Waals surface area contributed by atoms with Gasteiger partial charge in [-0.25, -0.2) is 8.42 Å². The number of sulfonamides is 1. The lowest BCUT2D eigenvalue weighted by atomic mass is 10.0. The van der Waals surface area contributed by atoms with Gasteiger partial charge in [0.15, 0.2) is 0 Å². The van der Waals surface area contributed by atoms with Crippen LogP contribution in [0.1, 0.15) is 35.7 Å². The van der Waals surface area contributed by atoms with Crippen LogP contribution in [-0.4, -0.2) is 54.8 Å². The van der Waals surface area contributed by atoms with Crippen molar-refractivity contribution in [3.8, 4) is 5.75 Å². The zero-order valence-corrected chi connectivity index (χ0v) is 17.4. The summed E-state index contributed by atoms with van der Waals surface area (Å²) in [7, 11) is -3.60. The average Bonchev–Trinajstić information content (AvgIpc) is 3.08. The lowest BCUT2D eigenvalue weighted by Crippen LogP contribution is -2.50. The van der Waals surface area contributed by atoms with Crippen molar-refractivity contribution in [3.05, 3.63) is 45.8 Å². The fourth-order valence-electron chi connectivity index (χ4n) is 2.95. The molecule has 2 aromatic rings. The topological polar surface area (TPSA) is 77.9 Å². The maximum Gasteiger partial charge on any atom is 0.257 e. The first-order valence-electron chi connectivity index (χ1n) is 8.58. The molecule has 1 amide bonds. The van der Waals surface area contributed by atoms with E-state index in [4.69, 9.17) is 11.6 Å². The van der Waals surface area contributed by atoms with Gasteiger partial charge in [0, 0.05) is 26.2 Å². The summed E-state index contributed by atoms with van der Waals surface area (Å²) in [5.41, 5.74) is 1.19. The molecular weight excluding hydrogens is 408 g/mol. The number of phenols is 1. The van der Waals surface area contributed by atoms with Gasteiger partial charge >= 0.3 is 0 Å². The van der Waals surface area contributed by atoms with Gasteiger partial charge in [0.2, 0.25) is 0 Å². The number of amides is 1. The largest absolute Gasteiger partial charge is 0.507 e. The number of nitrogens with zero attached hydrogens (tertiary/aromatic N) is 2. The highest BCUT2D eigenvalue weighted by molar-refractivity contribution is 7.91. The van der Waals surface area contributed by atoms with Crippen LogP contribution in [0.15, 0.2) is 34.5 Å². The molecule has 0 atom stereocenters. The molecule has 1 aromatic carbocycles. The van der Waals surface area contributed by atoms with Crippen molar-refractivity contribution < 1.29 is 18.3 Å². The van der Waals surface area contributed by atoms with Crippen LogP contribution in [0.2, 0.25) is 4.34 Å². The Bertz CT molecular complexity index is 948. The molecule has 0 spiro atoms. The van der Waals surface area contributed by atoms with Crippen LogP contribution in [-0.2, 0) is 10.0 Å². The molecular formula is C18H21ClN2O4S2. The van der Waals surface area contributed by atoms with Crippen LogP contribution in [0.3, 0.4) is 0 Å². The molecule has 1 aliphatic heterocycles. The minimum absolute atomic E-state index is 0.0468. The number of phenolic OH excluding ortho intramolecular Hbond substituents is 1. The molecule has 27 heavy (non-hydrogen) atoms. The first-order chi connectivity index (χ1) is 12.7. The molecule has 1 aromatic heterocycles. The molecule has 0 bridgehead atoms. The number of thiophene rings is 1. The molecule has 6 nitrogen and oxygen atoms in total. The molecule has 1 N–H and O–H groups in total. The van der Waals surface area contributed by atoms with Gasteiger partial charge in [-0.2, -0.15) is 4.31 Å². The summed E-state index contributed by atoms with van der Waals surface area (Å²) in [5, 5.41) is 10.2. The van der Waals surface area contributed by atoms with Crippen molar-refractivity contribution in [2.45, 2.75) is 24.0 Å². The maximum absolute atomic E-state index is 12.7. The van der Waals surface area contributed by atoms with Crippen LogP contribution in [0.4, 0.5) is 0 Å². The van der Waals surface area contributed by atoms with Crippen LogP contribution < -0.4 is 0 Å². The molecule has 2 heterocycles. The van der Waals surface area contributed by atoms with Crippen molar-refractivity contribution in [1.29, 1.82) is 0 Å². The number of aromatic hydroxyl groups is 1. The SMILES string of the molecule is CC(C)c1ccc(C(=O)N2CCN(S(=O)(=O)c3ccc(Cl)s3)CC2)c(O)c1. The van der Waals surface area contributed by atoms with Crippen molar-refractivity contribution >= 4 is 38.9 Å². The highest BCUT2D eigenvalue weighted by Gasteiger charge is 2.32. The summed E-state index contributed by atoms with van der Waals surface area (Å²) in [6.45, 7) is 4.96. The zero-order valence-electron chi connectivity index (χ0n) is 15.1. The Morgan fingerprint density at radius 2 is 1.81 bits per heavy atom. The van der Waals surface area contributed by atoms with Gasteiger partial charge in [0.25, 0.3) is 15.9 Å². The second kappa shape index (κ2) is 7.79. The molecule has 1 fully saturated rings. The molecule has 1 saturated heterocycles. The average molecular weight is 429 g/mol. The van der Waals surface area contributed by atoms with Crippen molar-refractivity contribution in [2.24, 2.45) is 0 Å². The standard InChI is InChI=1S/C18H21ClN2O4S2/c1-12(2)13-3-4-14(15(22)11-13)18(23)20-7-9-21(10-8-20)27(24,25)17-6-5-16(19)26-17/h3-6,11-12,22H,7-10H2,1-2H3. The minimum atomic E-state index is -3.60. The van der Waals surface area contributed by atoms with E-state index in [1.807, 2.05) is 19.9 Å². The monoisotopic (exact) mass is 428 g/mol. The Kier molecular flexibility index (Phi) is 5.81. The lowest BCUT2D eigenvalue weighted by molar-refractivity contribution is 0.0695. The third-order valence-electron chi connectivity index (χ3n) is 4.59. The second-order valence-corrected chi connectivity index (χ2v) is 10.6. The van der Waals surface area contributed by atoms with Crippen LogP contribution in [0.5, 0.6) is 5.75 Å². The number of carbonyl (C=O) groups is 1. The smallest absolute Gasteiger partial charge is 0.257 e. The zero-order chi connectivity index (χ0) is 19.8. The maximum atomic E-state index is 12.7. The fourth-order valence-corrected chi connectivity index (χ4v) is 6.01. The van der Waals surface area contributed by atoms with E-state index in [2.05, 4.69) is 0 Å². The quantitative estimate of drug-likeness (QED) is 0.809. The summed E-state index contributed by atoms with van der Waals surface area (Å²) in [6, 6.07) is 8.12. The molecule has 0 radical (unpaired) electrons. The third-order valence-corrected chi connectivity index (χ3v) is 8.18. The number of halogens is 1. The van der Waals surface area contributed by atoms with Crippen LogP contribution in [0.25, 0.3) is 0 Å².